The van der Waals surface area contributed by atoms with Gasteiger partial charge in [0.1, 0.15) is 0 Å². The molecule has 0 spiro atoms. The second-order valence-corrected chi connectivity index (χ2v) is 2.70. The Hall–Kier alpha value is -0.900. The van der Waals surface area contributed by atoms with Crippen LogP contribution in [0.15, 0.2) is 12.3 Å². The lowest BCUT2D eigenvalue weighted by Gasteiger charge is -2.16. The summed E-state index contributed by atoms with van der Waals surface area (Å²) >= 11 is 0. The van der Waals surface area contributed by atoms with E-state index in [-0.39, 0.29) is 5.60 Å². The van der Waals surface area contributed by atoms with Crippen LogP contribution in [0.5, 0.6) is 0 Å². The van der Waals surface area contributed by atoms with Crippen LogP contribution in [0.4, 0.5) is 0 Å². The molecule has 0 heterocycles. The van der Waals surface area contributed by atoms with Gasteiger partial charge in [0.2, 0.25) is 0 Å². The molecule has 0 aromatic heterocycles. The van der Waals surface area contributed by atoms with Gasteiger partial charge in [-0.2, -0.15) is 0 Å². The minimum absolute atomic E-state index is 0.132. The maximum atomic E-state index is 5.15. The summed E-state index contributed by atoms with van der Waals surface area (Å²) in [4.78, 5) is 0. The monoisotopic (exact) mass is 124 g/mol. The lowest BCUT2D eigenvalue weighted by Crippen LogP contribution is -2.14. The number of hydrogen-bond acceptors (Lipinski definition) is 1. The van der Waals surface area contributed by atoms with Crippen LogP contribution in [0.25, 0.3) is 0 Å². The first-order valence-corrected chi connectivity index (χ1v) is 2.85. The van der Waals surface area contributed by atoms with Gasteiger partial charge in [0.25, 0.3) is 0 Å². The van der Waals surface area contributed by atoms with Crippen molar-refractivity contribution in [2.45, 2.75) is 26.4 Å². The Morgan fingerprint density at radius 3 is 2.33 bits per heavy atom. The maximum absolute atomic E-state index is 5.15. The van der Waals surface area contributed by atoms with Crippen molar-refractivity contribution in [1.29, 1.82) is 0 Å². The summed E-state index contributed by atoms with van der Waals surface area (Å²) in [5, 5.41) is 0. The highest BCUT2D eigenvalue weighted by molar-refractivity contribution is 5.06. The van der Waals surface area contributed by atoms with Crippen LogP contribution in [0.1, 0.15) is 20.8 Å². The van der Waals surface area contributed by atoms with E-state index in [2.05, 4.69) is 5.92 Å². The van der Waals surface area contributed by atoms with Crippen molar-refractivity contribution in [2.24, 2.45) is 0 Å². The molecule has 0 aliphatic carbocycles. The number of ether oxygens (including phenoxy) is 1. The van der Waals surface area contributed by atoms with Gasteiger partial charge in [-0.3, -0.25) is 0 Å². The van der Waals surface area contributed by atoms with Crippen molar-refractivity contribution >= 4 is 0 Å². The van der Waals surface area contributed by atoms with Gasteiger partial charge >= 0.3 is 0 Å². The van der Waals surface area contributed by atoms with Crippen LogP contribution in [0.2, 0.25) is 0 Å². The molecule has 50 valence electrons. The molecular formula is C8H12O. The van der Waals surface area contributed by atoms with Gasteiger partial charge in [0, 0.05) is 6.08 Å². The summed E-state index contributed by atoms with van der Waals surface area (Å²) in [5.74, 6) is 2.33. The molecule has 0 aliphatic rings. The maximum Gasteiger partial charge on any atom is 0.0998 e. The molecule has 0 rings (SSSR count). The zero-order valence-electron chi connectivity index (χ0n) is 6.14. The van der Waals surface area contributed by atoms with E-state index in [1.165, 1.54) is 12.3 Å². The Kier molecular flexibility index (Phi) is 2.87. The number of hydrogen-bond donors (Lipinski definition) is 0. The second-order valence-electron chi connectivity index (χ2n) is 2.70. The molecule has 9 heavy (non-hydrogen) atoms. The molecular weight excluding hydrogens is 112 g/mol. The van der Waals surface area contributed by atoms with Crippen molar-refractivity contribution in [3.8, 4) is 12.3 Å². The SMILES string of the molecule is C#C/C=C\OC(C)(C)C. The fourth-order valence-electron chi connectivity index (χ4n) is 0.277. The van der Waals surface area contributed by atoms with E-state index >= 15 is 0 Å². The van der Waals surface area contributed by atoms with Gasteiger partial charge in [0.15, 0.2) is 0 Å². The predicted octanol–water partition coefficient (Wildman–Crippen LogP) is 1.95. The summed E-state index contributed by atoms with van der Waals surface area (Å²) < 4.78 is 5.15. The third-order valence-corrected chi connectivity index (χ3v) is 0.586. The van der Waals surface area contributed by atoms with Crippen molar-refractivity contribution in [3.63, 3.8) is 0 Å². The standard InChI is InChI=1S/C8H12O/c1-5-6-7-9-8(2,3)4/h1,6-7H,2-4H3/b7-6-. The first-order valence-electron chi connectivity index (χ1n) is 2.85. The Balaban J connectivity index is 3.54. The lowest BCUT2D eigenvalue weighted by atomic mass is 10.2. The minimum atomic E-state index is -0.132. The quantitative estimate of drug-likeness (QED) is 0.383. The average Bonchev–Trinajstić information content (AvgIpc) is 1.63. The fourth-order valence-corrected chi connectivity index (χ4v) is 0.277. The summed E-state index contributed by atoms with van der Waals surface area (Å²) in [6.07, 6.45) is 8.00. The summed E-state index contributed by atoms with van der Waals surface area (Å²) in [5.41, 5.74) is -0.132. The van der Waals surface area contributed by atoms with E-state index in [1.54, 1.807) is 0 Å². The van der Waals surface area contributed by atoms with E-state index in [4.69, 9.17) is 11.2 Å². The van der Waals surface area contributed by atoms with Gasteiger partial charge in [-0.05, 0) is 20.8 Å². The van der Waals surface area contributed by atoms with Crippen molar-refractivity contribution in [3.05, 3.63) is 12.3 Å². The third kappa shape index (κ3) is 7.10. The third-order valence-electron chi connectivity index (χ3n) is 0.586. The Bertz CT molecular complexity index is 132. The smallest absolute Gasteiger partial charge is 0.0998 e. The van der Waals surface area contributed by atoms with Gasteiger partial charge in [-0.15, -0.1) is 6.42 Å². The Morgan fingerprint density at radius 1 is 1.44 bits per heavy atom. The van der Waals surface area contributed by atoms with Gasteiger partial charge < -0.3 is 4.74 Å². The van der Waals surface area contributed by atoms with Crippen molar-refractivity contribution < 1.29 is 4.74 Å². The summed E-state index contributed by atoms with van der Waals surface area (Å²) in [6.45, 7) is 5.90. The molecule has 0 aromatic rings. The molecule has 0 radical (unpaired) electrons. The number of terminal acetylenes is 1. The number of rotatable bonds is 1. The molecule has 0 unspecified atom stereocenters. The number of allylic oxidation sites excluding steroid dienone is 1. The lowest BCUT2D eigenvalue weighted by molar-refractivity contribution is 0.0768. The van der Waals surface area contributed by atoms with Gasteiger partial charge in [-0.25, -0.2) is 0 Å². The molecule has 0 saturated heterocycles. The van der Waals surface area contributed by atoms with Crippen LogP contribution in [0.3, 0.4) is 0 Å². The summed E-state index contributed by atoms with van der Waals surface area (Å²) in [6, 6.07) is 0. The Labute approximate surface area is 56.7 Å². The molecule has 1 heteroatoms. The normalized spacial score (nSPS) is 11.3. The molecule has 0 saturated carbocycles. The molecule has 0 bridgehead atoms. The van der Waals surface area contributed by atoms with E-state index in [1.807, 2.05) is 20.8 Å². The van der Waals surface area contributed by atoms with Gasteiger partial charge in [0.05, 0.1) is 11.9 Å². The van der Waals surface area contributed by atoms with Crippen LogP contribution >= 0.6 is 0 Å². The molecule has 0 aliphatic heterocycles. The molecule has 0 aromatic carbocycles. The predicted molar refractivity (Wildman–Crippen MR) is 38.8 cm³/mol. The Morgan fingerprint density at radius 2 is 2.00 bits per heavy atom. The van der Waals surface area contributed by atoms with Crippen LogP contribution in [0, 0.1) is 12.3 Å². The second kappa shape index (κ2) is 3.19. The summed E-state index contributed by atoms with van der Waals surface area (Å²) in [7, 11) is 0. The molecule has 0 atom stereocenters. The highest BCUT2D eigenvalue weighted by Crippen LogP contribution is 2.05. The van der Waals surface area contributed by atoms with Gasteiger partial charge in [-0.1, -0.05) is 5.92 Å². The first kappa shape index (κ1) is 8.10. The van der Waals surface area contributed by atoms with Crippen molar-refractivity contribution in [2.75, 3.05) is 0 Å². The van der Waals surface area contributed by atoms with E-state index in [0.29, 0.717) is 0 Å². The molecule has 1 nitrogen and oxygen atoms in total. The highest BCUT2D eigenvalue weighted by Gasteiger charge is 2.06. The van der Waals surface area contributed by atoms with E-state index in [9.17, 15) is 0 Å². The topological polar surface area (TPSA) is 9.23 Å². The zero-order chi connectivity index (χ0) is 7.33. The van der Waals surface area contributed by atoms with Crippen LogP contribution < -0.4 is 0 Å². The largest absolute Gasteiger partial charge is 0.495 e. The minimum Gasteiger partial charge on any atom is -0.495 e. The molecule has 0 N–H and O–H groups in total. The van der Waals surface area contributed by atoms with E-state index in [0.717, 1.165) is 0 Å². The molecule has 0 amide bonds. The van der Waals surface area contributed by atoms with E-state index < -0.39 is 0 Å². The zero-order valence-corrected chi connectivity index (χ0v) is 6.14. The van der Waals surface area contributed by atoms with Crippen LogP contribution in [-0.2, 0) is 4.74 Å². The molecule has 0 fully saturated rings. The fraction of sp³-hybridized carbons (Fsp3) is 0.500. The average molecular weight is 124 g/mol. The first-order chi connectivity index (χ1) is 4.06. The highest BCUT2D eigenvalue weighted by atomic mass is 16.5. The van der Waals surface area contributed by atoms with Crippen LogP contribution in [-0.4, -0.2) is 5.60 Å². The van der Waals surface area contributed by atoms with Crippen molar-refractivity contribution in [1.82, 2.24) is 0 Å².